The van der Waals surface area contributed by atoms with E-state index in [-0.39, 0.29) is 24.5 Å². The van der Waals surface area contributed by atoms with E-state index in [2.05, 4.69) is 10.3 Å². The summed E-state index contributed by atoms with van der Waals surface area (Å²) in [7, 11) is 0. The summed E-state index contributed by atoms with van der Waals surface area (Å²) in [4.78, 5) is 49.5. The summed E-state index contributed by atoms with van der Waals surface area (Å²) in [6, 6.07) is 11.3. The quantitative estimate of drug-likeness (QED) is 0.187. The van der Waals surface area contributed by atoms with Crippen LogP contribution in [0.15, 0.2) is 52.3 Å². The number of aromatic nitrogens is 1. The zero-order valence-electron chi connectivity index (χ0n) is 19.2. The van der Waals surface area contributed by atoms with Crippen molar-refractivity contribution in [3.05, 3.63) is 69.6 Å². The number of carbonyl (C=O) groups excluding carboxylic acids is 1. The van der Waals surface area contributed by atoms with Crippen molar-refractivity contribution in [1.82, 2.24) is 9.88 Å². The normalized spacial score (nSPS) is 11.4. The highest BCUT2D eigenvalue weighted by Crippen LogP contribution is 2.13. The average molecular weight is 513 g/mol. The Hall–Kier alpha value is -4.36. The molecular weight excluding hydrogens is 487 g/mol. The number of rotatable bonds is 9. The first-order valence-corrected chi connectivity index (χ1v) is 10.4. The Bertz CT molecular complexity index is 1150. The van der Waals surface area contributed by atoms with Crippen molar-refractivity contribution in [2.75, 3.05) is 6.54 Å². The highest BCUT2D eigenvalue weighted by atomic mass is 19.4. The number of halogens is 3. The highest BCUT2D eigenvalue weighted by Gasteiger charge is 2.38. The van der Waals surface area contributed by atoms with Crippen molar-refractivity contribution in [1.29, 1.82) is 0 Å². The lowest BCUT2D eigenvalue weighted by Gasteiger charge is -2.16. The van der Waals surface area contributed by atoms with E-state index in [4.69, 9.17) is 21.4 Å². The smallest absolute Gasteiger partial charge is 0.480 e. The number of amides is 1. The molecule has 1 aromatic heterocycles. The van der Waals surface area contributed by atoms with Crippen LogP contribution >= 0.6 is 0 Å². The maximum atomic E-state index is 12.8. The van der Waals surface area contributed by atoms with Gasteiger partial charge in [-0.25, -0.2) is 9.59 Å². The fourth-order valence-corrected chi connectivity index (χ4v) is 2.80. The molecular formula is C22H26F3N5O6. The van der Waals surface area contributed by atoms with E-state index < -0.39 is 35.6 Å². The number of alkyl halides is 3. The summed E-state index contributed by atoms with van der Waals surface area (Å²) in [6.45, 7) is 2.33. The Morgan fingerprint density at radius 1 is 1.08 bits per heavy atom. The summed E-state index contributed by atoms with van der Waals surface area (Å²) >= 11 is 0. The van der Waals surface area contributed by atoms with E-state index in [1.54, 1.807) is 13.0 Å². The van der Waals surface area contributed by atoms with Gasteiger partial charge in [0.1, 0.15) is 11.6 Å². The number of nitrogens with zero attached hydrogens (tertiary/aromatic N) is 2. The molecule has 0 unspecified atom stereocenters. The molecule has 2 aromatic rings. The van der Waals surface area contributed by atoms with Gasteiger partial charge in [0.05, 0.1) is 6.54 Å². The van der Waals surface area contributed by atoms with Crippen molar-refractivity contribution in [2.24, 2.45) is 16.5 Å². The topological polar surface area (TPSA) is 190 Å². The predicted molar refractivity (Wildman–Crippen MR) is 123 cm³/mol. The standard InChI is InChI=1S/C20H25N5O4.C2HF3O2/c1-13-9-10-15(18(27)25(13)12-14-6-3-2-4-7-14)17(26)24-16(19(28)29)8-5-11-23-20(21)22;3-2(4,5)1(6)7/h2-4,6-7,9-10,16H,5,8,11-12H2,1H3,(H,24,26)(H,28,29)(H4,21,22,23);(H,6,7)/t16-;/m0./s1. The van der Waals surface area contributed by atoms with Crippen LogP contribution in [0.5, 0.6) is 0 Å². The minimum absolute atomic E-state index is 0.0838. The Morgan fingerprint density at radius 3 is 2.17 bits per heavy atom. The second kappa shape index (κ2) is 13.5. The van der Waals surface area contributed by atoms with E-state index in [1.807, 2.05) is 30.3 Å². The monoisotopic (exact) mass is 513 g/mol. The van der Waals surface area contributed by atoms with E-state index >= 15 is 0 Å². The third kappa shape index (κ3) is 9.87. The van der Waals surface area contributed by atoms with Gasteiger partial charge in [0.25, 0.3) is 11.5 Å². The van der Waals surface area contributed by atoms with E-state index in [9.17, 15) is 32.7 Å². The largest absolute Gasteiger partial charge is 0.490 e. The van der Waals surface area contributed by atoms with Crippen molar-refractivity contribution in [3.8, 4) is 0 Å². The molecule has 2 rings (SSSR count). The molecule has 0 aliphatic heterocycles. The zero-order valence-corrected chi connectivity index (χ0v) is 19.2. The number of guanidine groups is 1. The van der Waals surface area contributed by atoms with Gasteiger partial charge in [-0.3, -0.25) is 14.6 Å². The maximum absolute atomic E-state index is 12.8. The van der Waals surface area contributed by atoms with Gasteiger partial charge in [0, 0.05) is 12.2 Å². The number of carboxylic acid groups (broad SMARTS) is 2. The molecule has 11 nitrogen and oxygen atoms in total. The molecule has 0 aliphatic carbocycles. The van der Waals surface area contributed by atoms with Gasteiger partial charge in [-0.1, -0.05) is 30.3 Å². The lowest BCUT2D eigenvalue weighted by Crippen LogP contribution is -2.43. The van der Waals surface area contributed by atoms with Crippen LogP contribution in [0.25, 0.3) is 0 Å². The summed E-state index contributed by atoms with van der Waals surface area (Å²) < 4.78 is 33.2. The summed E-state index contributed by atoms with van der Waals surface area (Å²) in [5, 5.41) is 18.9. The van der Waals surface area contributed by atoms with Crippen molar-refractivity contribution >= 4 is 23.8 Å². The molecule has 1 heterocycles. The molecule has 1 amide bonds. The zero-order chi connectivity index (χ0) is 27.5. The number of carbonyl (C=O) groups is 3. The van der Waals surface area contributed by atoms with E-state index in [0.29, 0.717) is 18.7 Å². The van der Waals surface area contributed by atoms with Crippen LogP contribution < -0.4 is 22.3 Å². The number of aliphatic imine (C=N–C) groups is 1. The molecule has 1 aromatic carbocycles. The highest BCUT2D eigenvalue weighted by molar-refractivity contribution is 5.96. The minimum atomic E-state index is -5.08. The molecule has 0 aliphatic rings. The first kappa shape index (κ1) is 29.7. The number of nitrogens with one attached hydrogen (secondary N) is 1. The van der Waals surface area contributed by atoms with E-state index in [0.717, 1.165) is 5.56 Å². The van der Waals surface area contributed by atoms with Crippen LogP contribution in [0.3, 0.4) is 0 Å². The van der Waals surface area contributed by atoms with Crippen molar-refractivity contribution in [3.63, 3.8) is 0 Å². The fourth-order valence-electron chi connectivity index (χ4n) is 2.80. The SMILES string of the molecule is Cc1ccc(C(=O)N[C@@H](CCCN=C(N)N)C(=O)O)c(=O)n1Cc1ccccc1.O=C(O)C(F)(F)F. The Morgan fingerprint density at radius 2 is 1.67 bits per heavy atom. The molecule has 0 radical (unpaired) electrons. The molecule has 36 heavy (non-hydrogen) atoms. The minimum Gasteiger partial charge on any atom is -0.480 e. The summed E-state index contributed by atoms with van der Waals surface area (Å²) in [5.74, 6) is -4.77. The number of hydrogen-bond donors (Lipinski definition) is 5. The van der Waals surface area contributed by atoms with Gasteiger partial charge < -0.3 is 31.6 Å². The Balaban J connectivity index is 0.000000809. The molecule has 7 N–H and O–H groups in total. The number of benzene rings is 1. The van der Waals surface area contributed by atoms with Crippen molar-refractivity contribution < 1.29 is 37.8 Å². The number of carboxylic acids is 2. The molecule has 0 bridgehead atoms. The van der Waals surface area contributed by atoms with Crippen molar-refractivity contribution in [2.45, 2.75) is 38.5 Å². The number of pyridine rings is 1. The van der Waals surface area contributed by atoms with Gasteiger partial charge in [-0.05, 0) is 37.5 Å². The molecule has 0 saturated heterocycles. The maximum Gasteiger partial charge on any atom is 0.490 e. The molecule has 14 heteroatoms. The fraction of sp³-hybridized carbons (Fsp3) is 0.318. The second-order valence-corrected chi connectivity index (χ2v) is 7.38. The van der Waals surface area contributed by atoms with Crippen LogP contribution in [0.4, 0.5) is 13.2 Å². The van der Waals surface area contributed by atoms with Gasteiger partial charge in [0.2, 0.25) is 0 Å². The van der Waals surface area contributed by atoms with Crippen LogP contribution in [0.2, 0.25) is 0 Å². The number of hydrogen-bond acceptors (Lipinski definition) is 5. The van der Waals surface area contributed by atoms with Gasteiger partial charge in [0.15, 0.2) is 5.96 Å². The van der Waals surface area contributed by atoms with E-state index in [1.165, 1.54) is 10.6 Å². The summed E-state index contributed by atoms with van der Waals surface area (Å²) in [6.07, 6.45) is -4.59. The van der Waals surface area contributed by atoms with Gasteiger partial charge in [-0.15, -0.1) is 0 Å². The average Bonchev–Trinajstić information content (AvgIpc) is 2.78. The molecule has 1 atom stereocenters. The molecule has 0 spiro atoms. The number of aliphatic carboxylic acids is 2. The number of nitrogens with two attached hydrogens (primary N) is 2. The molecule has 196 valence electrons. The lowest BCUT2D eigenvalue weighted by molar-refractivity contribution is -0.192. The summed E-state index contributed by atoms with van der Waals surface area (Å²) in [5.41, 5.74) is 11.5. The third-order valence-corrected chi connectivity index (χ3v) is 4.61. The molecule has 0 fully saturated rings. The third-order valence-electron chi connectivity index (χ3n) is 4.61. The van der Waals surface area contributed by atoms with Gasteiger partial charge in [-0.2, -0.15) is 13.2 Å². The Kier molecular flexibility index (Phi) is 11.1. The second-order valence-electron chi connectivity index (χ2n) is 7.38. The Labute approximate surface area is 203 Å². The predicted octanol–water partition coefficient (Wildman–Crippen LogP) is 1.07. The van der Waals surface area contributed by atoms with Crippen LogP contribution in [0, 0.1) is 6.92 Å². The van der Waals surface area contributed by atoms with Crippen LogP contribution in [-0.4, -0.2) is 57.3 Å². The lowest BCUT2D eigenvalue weighted by atomic mass is 10.1. The van der Waals surface area contributed by atoms with Gasteiger partial charge >= 0.3 is 18.1 Å². The van der Waals surface area contributed by atoms with Crippen LogP contribution in [-0.2, 0) is 16.1 Å². The first-order chi connectivity index (χ1) is 16.7. The van der Waals surface area contributed by atoms with Crippen LogP contribution in [0.1, 0.15) is 34.5 Å². The molecule has 0 saturated carbocycles. The number of aryl methyl sites for hydroxylation is 1. The first-order valence-electron chi connectivity index (χ1n) is 10.4.